The van der Waals surface area contributed by atoms with Crippen molar-refractivity contribution < 1.29 is 13.9 Å². The predicted octanol–water partition coefficient (Wildman–Crippen LogP) is 4.41. The Morgan fingerprint density at radius 1 is 1.07 bits per heavy atom. The Labute approximate surface area is 175 Å². The van der Waals surface area contributed by atoms with Crippen LogP contribution in [0.2, 0.25) is 0 Å². The lowest BCUT2D eigenvalue weighted by atomic mass is 9.95. The normalized spacial score (nSPS) is 15.1. The van der Waals surface area contributed by atoms with Crippen LogP contribution in [0.15, 0.2) is 36.4 Å². The molecule has 2 heterocycles. The van der Waals surface area contributed by atoms with Gasteiger partial charge in [0.15, 0.2) is 5.69 Å². The minimum atomic E-state index is -0.339. The number of rotatable bonds is 3. The average Bonchev–Trinajstić information content (AvgIpc) is 3.37. The number of nitrogens with zero attached hydrogens (tertiary/aromatic N) is 3. The summed E-state index contributed by atoms with van der Waals surface area (Å²) in [6.45, 7) is 2.68. The van der Waals surface area contributed by atoms with Gasteiger partial charge in [-0.3, -0.25) is 4.79 Å². The van der Waals surface area contributed by atoms with Crippen LogP contribution >= 0.6 is 0 Å². The topological polar surface area (TPSA) is 47.4 Å². The van der Waals surface area contributed by atoms with E-state index < -0.39 is 0 Å². The van der Waals surface area contributed by atoms with E-state index in [0.717, 1.165) is 60.2 Å². The van der Waals surface area contributed by atoms with Crippen LogP contribution in [0.4, 0.5) is 10.1 Å². The number of hydrogen-bond acceptors (Lipinski definition) is 3. The van der Waals surface area contributed by atoms with E-state index in [2.05, 4.69) is 12.0 Å². The van der Waals surface area contributed by atoms with Crippen LogP contribution in [-0.4, -0.2) is 29.3 Å². The van der Waals surface area contributed by atoms with E-state index in [1.807, 2.05) is 12.1 Å². The molecule has 0 spiro atoms. The summed E-state index contributed by atoms with van der Waals surface area (Å²) in [5.74, 6) is 0.233. The molecule has 1 aromatic heterocycles. The number of halogens is 1. The fourth-order valence-electron chi connectivity index (χ4n) is 4.78. The molecule has 1 aliphatic heterocycles. The van der Waals surface area contributed by atoms with Crippen LogP contribution < -0.4 is 9.64 Å². The molecule has 1 amide bonds. The van der Waals surface area contributed by atoms with E-state index in [1.54, 1.807) is 34.9 Å². The van der Waals surface area contributed by atoms with Crippen molar-refractivity contribution in [2.45, 2.75) is 39.0 Å². The molecule has 0 unspecified atom stereocenters. The summed E-state index contributed by atoms with van der Waals surface area (Å²) in [5.41, 5.74) is 5.87. The zero-order valence-corrected chi connectivity index (χ0v) is 17.2. The van der Waals surface area contributed by atoms with Crippen molar-refractivity contribution in [2.75, 3.05) is 18.6 Å². The molecule has 3 aromatic rings. The van der Waals surface area contributed by atoms with E-state index >= 15 is 0 Å². The van der Waals surface area contributed by atoms with Gasteiger partial charge in [0.25, 0.3) is 5.91 Å². The number of benzene rings is 2. The Kier molecular flexibility index (Phi) is 4.57. The molecule has 1 aliphatic carbocycles. The second-order valence-corrected chi connectivity index (χ2v) is 7.96. The van der Waals surface area contributed by atoms with Gasteiger partial charge in [-0.25, -0.2) is 9.07 Å². The molecule has 5 nitrogen and oxygen atoms in total. The maximum absolute atomic E-state index is 14.5. The third kappa shape index (κ3) is 2.82. The summed E-state index contributed by atoms with van der Waals surface area (Å²) in [5, 5.41) is 4.63. The zero-order chi connectivity index (χ0) is 20.8. The number of carbonyl (C=O) groups is 1. The van der Waals surface area contributed by atoms with Gasteiger partial charge in [0, 0.05) is 17.8 Å². The molecule has 0 radical (unpaired) electrons. The van der Waals surface area contributed by atoms with Crippen molar-refractivity contribution in [3.8, 4) is 11.4 Å². The molecule has 0 atom stereocenters. The summed E-state index contributed by atoms with van der Waals surface area (Å²) >= 11 is 0. The molecule has 154 valence electrons. The minimum absolute atomic E-state index is 0.131. The van der Waals surface area contributed by atoms with Crippen LogP contribution in [-0.2, 0) is 19.3 Å². The van der Waals surface area contributed by atoms with Crippen LogP contribution in [0.5, 0.6) is 5.75 Å². The fourth-order valence-corrected chi connectivity index (χ4v) is 4.78. The molecule has 0 fully saturated rings. The minimum Gasteiger partial charge on any atom is -0.495 e. The van der Waals surface area contributed by atoms with Crippen LogP contribution in [0, 0.1) is 12.7 Å². The van der Waals surface area contributed by atoms with Crippen molar-refractivity contribution in [1.29, 1.82) is 0 Å². The van der Waals surface area contributed by atoms with Gasteiger partial charge in [0.2, 0.25) is 0 Å². The van der Waals surface area contributed by atoms with E-state index in [9.17, 15) is 9.18 Å². The maximum atomic E-state index is 14.5. The smallest absolute Gasteiger partial charge is 0.279 e. The Balaban J connectivity index is 1.63. The number of carbonyl (C=O) groups excluding carboxylic acids is 1. The molecule has 0 saturated heterocycles. The second-order valence-electron chi connectivity index (χ2n) is 7.96. The van der Waals surface area contributed by atoms with Crippen molar-refractivity contribution >= 4 is 11.6 Å². The van der Waals surface area contributed by atoms with Gasteiger partial charge in [0.05, 0.1) is 12.8 Å². The zero-order valence-electron chi connectivity index (χ0n) is 17.2. The quantitative estimate of drug-likeness (QED) is 0.649. The third-order valence-electron chi connectivity index (χ3n) is 6.24. The number of fused-ring (bicyclic) bond motifs is 2. The highest BCUT2D eigenvalue weighted by molar-refractivity contribution is 6.07. The Morgan fingerprint density at radius 3 is 2.67 bits per heavy atom. The lowest BCUT2D eigenvalue weighted by Crippen LogP contribution is -2.37. The van der Waals surface area contributed by atoms with Gasteiger partial charge >= 0.3 is 0 Å². The SMILES string of the molecule is COc1ccc(C)c2c1N(C(=O)c1nn(-c3ccccc3F)c3c1CCC3)CCC2. The fraction of sp³-hybridized carbons (Fsp3) is 0.333. The molecular weight excluding hydrogens is 381 g/mol. The summed E-state index contributed by atoms with van der Waals surface area (Å²) < 4.78 is 21.7. The molecule has 0 N–H and O–H groups in total. The first-order valence-corrected chi connectivity index (χ1v) is 10.4. The molecule has 0 bridgehead atoms. The Morgan fingerprint density at radius 2 is 1.87 bits per heavy atom. The molecule has 6 heteroatoms. The molecule has 2 aliphatic rings. The number of methoxy groups -OCH3 is 1. The second kappa shape index (κ2) is 7.27. The first-order chi connectivity index (χ1) is 14.6. The molecule has 30 heavy (non-hydrogen) atoms. The summed E-state index contributed by atoms with van der Waals surface area (Å²) in [6.07, 6.45) is 4.34. The van der Waals surface area contributed by atoms with Gasteiger partial charge in [-0.1, -0.05) is 18.2 Å². The lowest BCUT2D eigenvalue weighted by Gasteiger charge is -2.31. The maximum Gasteiger partial charge on any atom is 0.279 e. The number of para-hydroxylation sites is 1. The number of hydrogen-bond donors (Lipinski definition) is 0. The first-order valence-electron chi connectivity index (χ1n) is 10.4. The summed E-state index contributed by atoms with van der Waals surface area (Å²) in [6, 6.07) is 10.5. The molecule has 5 rings (SSSR count). The number of aryl methyl sites for hydroxylation is 1. The van der Waals surface area contributed by atoms with E-state index in [-0.39, 0.29) is 11.7 Å². The Bertz CT molecular complexity index is 1150. The largest absolute Gasteiger partial charge is 0.495 e. The van der Waals surface area contributed by atoms with Crippen molar-refractivity contribution in [2.24, 2.45) is 0 Å². The van der Waals surface area contributed by atoms with Crippen molar-refractivity contribution in [3.63, 3.8) is 0 Å². The van der Waals surface area contributed by atoms with Crippen LogP contribution in [0.3, 0.4) is 0 Å². The lowest BCUT2D eigenvalue weighted by molar-refractivity contribution is 0.0978. The standard InChI is InChI=1S/C24H24FN3O2/c1-15-12-13-21(30-2)23-16(15)8-6-14-27(23)24(29)22-17-7-5-11-19(17)28(26-22)20-10-4-3-9-18(20)25/h3-4,9-10,12-13H,5-8,11,14H2,1-2H3. The highest BCUT2D eigenvalue weighted by Gasteiger charge is 2.34. The summed E-state index contributed by atoms with van der Waals surface area (Å²) in [4.78, 5) is 15.5. The van der Waals surface area contributed by atoms with Gasteiger partial charge in [-0.05, 0) is 68.4 Å². The van der Waals surface area contributed by atoms with Crippen molar-refractivity contribution in [1.82, 2.24) is 9.78 Å². The highest BCUT2D eigenvalue weighted by atomic mass is 19.1. The number of aromatic nitrogens is 2. The van der Waals surface area contributed by atoms with Gasteiger partial charge in [-0.2, -0.15) is 5.10 Å². The van der Waals surface area contributed by atoms with E-state index in [0.29, 0.717) is 23.7 Å². The van der Waals surface area contributed by atoms with Crippen LogP contribution in [0.1, 0.15) is 45.7 Å². The van der Waals surface area contributed by atoms with Crippen LogP contribution in [0.25, 0.3) is 5.69 Å². The number of ether oxygens (including phenoxy) is 1. The van der Waals surface area contributed by atoms with E-state index in [1.165, 1.54) is 6.07 Å². The molecule has 2 aromatic carbocycles. The Hall–Kier alpha value is -3.15. The number of anilines is 1. The highest BCUT2D eigenvalue weighted by Crippen LogP contribution is 2.40. The van der Waals surface area contributed by atoms with E-state index in [4.69, 9.17) is 4.74 Å². The van der Waals surface area contributed by atoms with Gasteiger partial charge < -0.3 is 9.64 Å². The molecule has 0 saturated carbocycles. The predicted molar refractivity (Wildman–Crippen MR) is 113 cm³/mol. The monoisotopic (exact) mass is 405 g/mol. The first kappa shape index (κ1) is 18.9. The summed E-state index contributed by atoms with van der Waals surface area (Å²) in [7, 11) is 1.63. The van der Waals surface area contributed by atoms with Crippen molar-refractivity contribution in [3.05, 3.63) is 70.3 Å². The van der Waals surface area contributed by atoms with Gasteiger partial charge in [0.1, 0.15) is 17.3 Å². The van der Waals surface area contributed by atoms with Gasteiger partial charge in [-0.15, -0.1) is 0 Å². The molecular formula is C24H24FN3O2. The number of amides is 1. The third-order valence-corrected chi connectivity index (χ3v) is 6.24. The average molecular weight is 405 g/mol.